The molecule has 0 aliphatic carbocycles. The number of nitrogens with one attached hydrogen (secondary N) is 2. The fourth-order valence-electron chi connectivity index (χ4n) is 1.50. The van der Waals surface area contributed by atoms with E-state index in [1.165, 1.54) is 6.07 Å². The maximum absolute atomic E-state index is 11.8. The van der Waals surface area contributed by atoms with Crippen molar-refractivity contribution < 1.29 is 14.7 Å². The summed E-state index contributed by atoms with van der Waals surface area (Å²) in [4.78, 5) is 23.6. The number of H-pyrrole nitrogens is 1. The summed E-state index contributed by atoms with van der Waals surface area (Å²) in [5.74, 6) is -1.23. The number of carboxylic acids is 1. The molecule has 0 saturated heterocycles. The summed E-state index contributed by atoms with van der Waals surface area (Å²) < 4.78 is 0. The summed E-state index contributed by atoms with van der Waals surface area (Å²) in [6.07, 6.45) is 0.785. The van der Waals surface area contributed by atoms with Crippen molar-refractivity contribution >= 4 is 23.2 Å². The number of hydrogen-bond donors (Lipinski definition) is 3. The number of thiophene rings is 1. The molecule has 0 saturated carbocycles. The summed E-state index contributed by atoms with van der Waals surface area (Å²) in [7, 11) is 0. The molecule has 2 heterocycles. The predicted octanol–water partition coefficient (Wildman–Crippen LogP) is 1.66. The van der Waals surface area contributed by atoms with Crippen LogP contribution in [0.3, 0.4) is 0 Å². The maximum atomic E-state index is 11.8. The van der Waals surface area contributed by atoms with E-state index < -0.39 is 5.97 Å². The van der Waals surface area contributed by atoms with E-state index in [1.807, 2.05) is 6.92 Å². The van der Waals surface area contributed by atoms with Gasteiger partial charge in [0.15, 0.2) is 0 Å². The number of rotatable bonds is 5. The SMILES string of the molecule is CCc1cc(C(=O)NCc2ccc(C(=O)O)s2)n[nH]1. The summed E-state index contributed by atoms with van der Waals surface area (Å²) in [5.41, 5.74) is 1.24. The number of aromatic nitrogens is 2. The quantitative estimate of drug-likeness (QED) is 0.775. The van der Waals surface area contributed by atoms with Gasteiger partial charge in [0.25, 0.3) is 5.91 Å². The average molecular weight is 279 g/mol. The second-order valence-corrected chi connectivity index (χ2v) is 5.05. The van der Waals surface area contributed by atoms with Crippen LogP contribution in [0.5, 0.6) is 0 Å². The second kappa shape index (κ2) is 5.66. The molecule has 0 bridgehead atoms. The van der Waals surface area contributed by atoms with Gasteiger partial charge in [-0.05, 0) is 24.6 Å². The zero-order chi connectivity index (χ0) is 13.8. The lowest BCUT2D eigenvalue weighted by atomic mass is 10.3. The minimum atomic E-state index is -0.956. The first kappa shape index (κ1) is 13.3. The number of nitrogens with zero attached hydrogens (tertiary/aromatic N) is 1. The van der Waals surface area contributed by atoms with Gasteiger partial charge in [0.1, 0.15) is 10.6 Å². The predicted molar refractivity (Wildman–Crippen MR) is 70.4 cm³/mol. The third-order valence-corrected chi connectivity index (χ3v) is 3.61. The number of carbonyl (C=O) groups is 2. The minimum absolute atomic E-state index is 0.261. The van der Waals surface area contributed by atoms with Crippen LogP contribution in [0, 0.1) is 0 Å². The van der Waals surface area contributed by atoms with Gasteiger partial charge < -0.3 is 10.4 Å². The molecule has 0 aliphatic heterocycles. The van der Waals surface area contributed by atoms with Gasteiger partial charge in [-0.3, -0.25) is 9.89 Å². The molecular formula is C12H13N3O3S. The molecular weight excluding hydrogens is 266 g/mol. The molecule has 0 fully saturated rings. The standard InChI is InChI=1S/C12H13N3O3S/c1-2-7-5-9(15-14-7)11(16)13-6-8-3-4-10(19-8)12(17)18/h3-5H,2,6H2,1H3,(H,13,16)(H,14,15)(H,17,18). The van der Waals surface area contributed by atoms with Gasteiger partial charge in [-0.25, -0.2) is 4.79 Å². The van der Waals surface area contributed by atoms with Gasteiger partial charge in [-0.1, -0.05) is 6.92 Å². The van der Waals surface area contributed by atoms with Crippen molar-refractivity contribution in [1.29, 1.82) is 0 Å². The number of carboxylic acid groups (broad SMARTS) is 1. The molecule has 0 aromatic carbocycles. The molecule has 6 nitrogen and oxygen atoms in total. The van der Waals surface area contributed by atoms with Gasteiger partial charge in [0, 0.05) is 10.6 Å². The number of hydrogen-bond acceptors (Lipinski definition) is 4. The Balaban J connectivity index is 1.94. The molecule has 100 valence electrons. The first-order chi connectivity index (χ1) is 9.10. The van der Waals surface area contributed by atoms with Crippen LogP contribution >= 0.6 is 11.3 Å². The van der Waals surface area contributed by atoms with Crippen LogP contribution in [-0.2, 0) is 13.0 Å². The molecule has 7 heteroatoms. The molecule has 0 aliphatic rings. The van der Waals surface area contributed by atoms with E-state index in [1.54, 1.807) is 12.1 Å². The lowest BCUT2D eigenvalue weighted by Crippen LogP contribution is -2.22. The fourth-order valence-corrected chi connectivity index (χ4v) is 2.29. The monoisotopic (exact) mass is 279 g/mol. The first-order valence-corrected chi connectivity index (χ1v) is 6.56. The molecule has 19 heavy (non-hydrogen) atoms. The van der Waals surface area contributed by atoms with Crippen LogP contribution in [0.1, 0.15) is 37.7 Å². The zero-order valence-electron chi connectivity index (χ0n) is 10.3. The van der Waals surface area contributed by atoms with Crippen molar-refractivity contribution in [2.45, 2.75) is 19.9 Å². The van der Waals surface area contributed by atoms with Crippen LogP contribution in [0.25, 0.3) is 0 Å². The van der Waals surface area contributed by atoms with Crippen LogP contribution in [0.4, 0.5) is 0 Å². The van der Waals surface area contributed by atoms with E-state index in [0.717, 1.165) is 28.3 Å². The molecule has 0 atom stereocenters. The van der Waals surface area contributed by atoms with Gasteiger partial charge in [0.2, 0.25) is 0 Å². The Morgan fingerprint density at radius 2 is 2.26 bits per heavy atom. The highest BCUT2D eigenvalue weighted by Crippen LogP contribution is 2.16. The molecule has 0 unspecified atom stereocenters. The molecule has 0 radical (unpaired) electrons. The maximum Gasteiger partial charge on any atom is 0.345 e. The third kappa shape index (κ3) is 3.19. The molecule has 1 amide bonds. The largest absolute Gasteiger partial charge is 0.477 e. The van der Waals surface area contributed by atoms with E-state index in [2.05, 4.69) is 15.5 Å². The number of aryl methyl sites for hydroxylation is 1. The number of aromatic carboxylic acids is 1. The fraction of sp³-hybridized carbons (Fsp3) is 0.250. The molecule has 0 spiro atoms. The van der Waals surface area contributed by atoms with E-state index in [0.29, 0.717) is 12.2 Å². The smallest absolute Gasteiger partial charge is 0.345 e. The second-order valence-electron chi connectivity index (χ2n) is 3.89. The topological polar surface area (TPSA) is 95.1 Å². The summed E-state index contributed by atoms with van der Waals surface area (Å²) >= 11 is 1.15. The Morgan fingerprint density at radius 1 is 1.47 bits per heavy atom. The summed E-state index contributed by atoms with van der Waals surface area (Å²) in [6, 6.07) is 4.92. The number of carbonyl (C=O) groups excluding carboxylic acids is 1. The Hall–Kier alpha value is -2.15. The van der Waals surface area contributed by atoms with E-state index in [4.69, 9.17) is 5.11 Å². The lowest BCUT2D eigenvalue weighted by Gasteiger charge is -1.99. The minimum Gasteiger partial charge on any atom is -0.477 e. The van der Waals surface area contributed by atoms with E-state index in [-0.39, 0.29) is 10.8 Å². The number of aromatic amines is 1. The van der Waals surface area contributed by atoms with Crippen molar-refractivity contribution in [3.8, 4) is 0 Å². The first-order valence-electron chi connectivity index (χ1n) is 5.74. The van der Waals surface area contributed by atoms with Gasteiger partial charge in [0.05, 0.1) is 6.54 Å². The van der Waals surface area contributed by atoms with Crippen molar-refractivity contribution in [2.24, 2.45) is 0 Å². The van der Waals surface area contributed by atoms with Crippen molar-refractivity contribution in [1.82, 2.24) is 15.5 Å². The third-order valence-electron chi connectivity index (χ3n) is 2.54. The Kier molecular flexibility index (Phi) is 3.96. The Bertz CT molecular complexity index is 603. The Morgan fingerprint density at radius 3 is 2.84 bits per heavy atom. The summed E-state index contributed by atoms with van der Waals surface area (Å²) in [6.45, 7) is 2.26. The Labute approximate surface area is 113 Å². The van der Waals surface area contributed by atoms with E-state index >= 15 is 0 Å². The molecule has 2 aromatic heterocycles. The highest BCUT2D eigenvalue weighted by Gasteiger charge is 2.11. The average Bonchev–Trinajstić information content (AvgIpc) is 3.04. The van der Waals surface area contributed by atoms with Gasteiger partial charge in [-0.2, -0.15) is 5.10 Å². The summed E-state index contributed by atoms with van der Waals surface area (Å²) in [5, 5.41) is 18.2. The van der Waals surface area contributed by atoms with Gasteiger partial charge in [-0.15, -0.1) is 11.3 Å². The number of amides is 1. The zero-order valence-corrected chi connectivity index (χ0v) is 11.1. The van der Waals surface area contributed by atoms with Crippen molar-refractivity contribution in [2.75, 3.05) is 0 Å². The normalized spacial score (nSPS) is 10.4. The lowest BCUT2D eigenvalue weighted by molar-refractivity contribution is 0.0702. The highest BCUT2D eigenvalue weighted by atomic mass is 32.1. The van der Waals surface area contributed by atoms with Crippen LogP contribution in [0.2, 0.25) is 0 Å². The van der Waals surface area contributed by atoms with Crippen LogP contribution in [-0.4, -0.2) is 27.2 Å². The highest BCUT2D eigenvalue weighted by molar-refractivity contribution is 7.13. The van der Waals surface area contributed by atoms with Gasteiger partial charge >= 0.3 is 5.97 Å². The van der Waals surface area contributed by atoms with Crippen molar-refractivity contribution in [3.63, 3.8) is 0 Å². The molecule has 3 N–H and O–H groups in total. The molecule has 2 rings (SSSR count). The van der Waals surface area contributed by atoms with Crippen LogP contribution < -0.4 is 5.32 Å². The van der Waals surface area contributed by atoms with Crippen LogP contribution in [0.15, 0.2) is 18.2 Å². The van der Waals surface area contributed by atoms with Crippen molar-refractivity contribution in [3.05, 3.63) is 39.3 Å². The molecule has 2 aromatic rings. The van der Waals surface area contributed by atoms with E-state index in [9.17, 15) is 9.59 Å².